The summed E-state index contributed by atoms with van der Waals surface area (Å²) in [7, 11) is 0. The van der Waals surface area contributed by atoms with E-state index >= 15 is 0 Å². The number of nitrogens with zero attached hydrogens (tertiary/aromatic N) is 3. The first-order chi connectivity index (χ1) is 8.19. The van der Waals surface area contributed by atoms with Crippen molar-refractivity contribution < 1.29 is 9.32 Å². The third kappa shape index (κ3) is 4.52. The van der Waals surface area contributed by atoms with Gasteiger partial charge in [-0.25, -0.2) is 0 Å². The van der Waals surface area contributed by atoms with Gasteiger partial charge in [0.05, 0.1) is 13.1 Å². The fourth-order valence-electron chi connectivity index (χ4n) is 1.42. The topological polar surface area (TPSA) is 71.3 Å². The Labute approximate surface area is 101 Å². The summed E-state index contributed by atoms with van der Waals surface area (Å²) in [4.78, 5) is 17.6. The van der Waals surface area contributed by atoms with E-state index in [1.807, 2.05) is 25.7 Å². The monoisotopic (exact) mass is 240 g/mol. The third-order valence-electron chi connectivity index (χ3n) is 2.37. The smallest absolute Gasteiger partial charge is 0.240 e. The summed E-state index contributed by atoms with van der Waals surface area (Å²) in [5, 5.41) is 6.59. The molecule has 0 aliphatic rings. The Bertz CT molecular complexity index is 351. The van der Waals surface area contributed by atoms with Crippen LogP contribution in [0.4, 0.5) is 0 Å². The minimum absolute atomic E-state index is 0.0181. The lowest BCUT2D eigenvalue weighted by Crippen LogP contribution is -2.36. The molecule has 6 nitrogen and oxygen atoms in total. The van der Waals surface area contributed by atoms with Crippen molar-refractivity contribution in [2.45, 2.75) is 33.7 Å². The molecule has 0 aromatic carbocycles. The van der Waals surface area contributed by atoms with Gasteiger partial charge < -0.3 is 9.84 Å². The number of nitrogens with one attached hydrogen (secondary N) is 1. The van der Waals surface area contributed by atoms with Gasteiger partial charge in [0, 0.05) is 13.0 Å². The molecular formula is C11H20N4O2. The molecule has 1 rings (SSSR count). The van der Waals surface area contributed by atoms with E-state index in [0.29, 0.717) is 31.3 Å². The van der Waals surface area contributed by atoms with Crippen LogP contribution in [0.5, 0.6) is 0 Å². The van der Waals surface area contributed by atoms with Crippen LogP contribution in [0.2, 0.25) is 0 Å². The number of hydrogen-bond acceptors (Lipinski definition) is 5. The summed E-state index contributed by atoms with van der Waals surface area (Å²) in [6.07, 6.45) is 0.756. The molecule has 0 saturated carbocycles. The highest BCUT2D eigenvalue weighted by atomic mass is 16.5. The maximum absolute atomic E-state index is 11.4. The number of amides is 1. The zero-order valence-corrected chi connectivity index (χ0v) is 10.7. The van der Waals surface area contributed by atoms with Gasteiger partial charge in [-0.05, 0) is 13.5 Å². The number of aromatic nitrogens is 2. The van der Waals surface area contributed by atoms with Crippen LogP contribution < -0.4 is 5.32 Å². The van der Waals surface area contributed by atoms with Gasteiger partial charge >= 0.3 is 0 Å². The minimum Gasteiger partial charge on any atom is -0.355 e. The number of aryl methyl sites for hydroxylation is 1. The van der Waals surface area contributed by atoms with Gasteiger partial charge in [0.25, 0.3) is 0 Å². The molecule has 0 aliphatic carbocycles. The molecule has 17 heavy (non-hydrogen) atoms. The Kier molecular flexibility index (Phi) is 5.62. The van der Waals surface area contributed by atoms with Crippen molar-refractivity contribution in [1.29, 1.82) is 0 Å². The van der Waals surface area contributed by atoms with Crippen LogP contribution in [-0.4, -0.2) is 40.6 Å². The number of carbonyl (C=O) groups excluding carboxylic acids is 1. The molecule has 0 saturated heterocycles. The van der Waals surface area contributed by atoms with Gasteiger partial charge in [-0.1, -0.05) is 19.0 Å². The molecule has 1 N–H and O–H groups in total. The lowest BCUT2D eigenvalue weighted by atomic mass is 10.4. The first-order valence-corrected chi connectivity index (χ1v) is 6.00. The van der Waals surface area contributed by atoms with Gasteiger partial charge in [-0.2, -0.15) is 4.98 Å². The lowest BCUT2D eigenvalue weighted by molar-refractivity contribution is -0.122. The van der Waals surface area contributed by atoms with Crippen molar-refractivity contribution >= 4 is 5.91 Å². The molecule has 0 atom stereocenters. The highest BCUT2D eigenvalue weighted by molar-refractivity contribution is 5.77. The zero-order valence-electron chi connectivity index (χ0n) is 10.7. The summed E-state index contributed by atoms with van der Waals surface area (Å²) in [6, 6.07) is 0. The number of likely N-dealkylation sites (N-methyl/N-ethyl adjacent to an activating group) is 2. The predicted molar refractivity (Wildman–Crippen MR) is 63.3 cm³/mol. The van der Waals surface area contributed by atoms with Gasteiger partial charge in [0.2, 0.25) is 11.8 Å². The van der Waals surface area contributed by atoms with Crippen molar-refractivity contribution in [3.8, 4) is 0 Å². The van der Waals surface area contributed by atoms with Crippen molar-refractivity contribution in [2.75, 3.05) is 19.6 Å². The van der Waals surface area contributed by atoms with Crippen molar-refractivity contribution in [2.24, 2.45) is 0 Å². The first kappa shape index (κ1) is 13.6. The Morgan fingerprint density at radius 2 is 2.18 bits per heavy atom. The SMILES string of the molecule is CCNC(=O)CN(CC)Cc1nc(CC)no1. The van der Waals surface area contributed by atoms with Crippen LogP contribution in [-0.2, 0) is 17.8 Å². The van der Waals surface area contributed by atoms with Crippen molar-refractivity contribution in [3.63, 3.8) is 0 Å². The molecule has 0 bridgehead atoms. The van der Waals surface area contributed by atoms with Crippen LogP contribution in [0, 0.1) is 0 Å². The molecule has 6 heteroatoms. The second kappa shape index (κ2) is 7.01. The van der Waals surface area contributed by atoms with E-state index in [4.69, 9.17) is 4.52 Å². The second-order valence-corrected chi connectivity index (χ2v) is 3.71. The molecule has 1 aromatic heterocycles. The van der Waals surface area contributed by atoms with Gasteiger partial charge in [-0.15, -0.1) is 0 Å². The molecule has 96 valence electrons. The standard InChI is InChI=1S/C11H20N4O2/c1-4-9-13-11(17-14-9)8-15(6-3)7-10(16)12-5-2/h4-8H2,1-3H3,(H,12,16). The number of rotatable bonds is 7. The summed E-state index contributed by atoms with van der Waals surface area (Å²) in [6.45, 7) is 8.16. The highest BCUT2D eigenvalue weighted by Crippen LogP contribution is 2.02. The fourth-order valence-corrected chi connectivity index (χ4v) is 1.42. The molecule has 0 aliphatic heterocycles. The summed E-state index contributed by atoms with van der Waals surface area (Å²) < 4.78 is 5.09. The quantitative estimate of drug-likeness (QED) is 0.755. The average Bonchev–Trinajstić information content (AvgIpc) is 2.76. The number of carbonyl (C=O) groups is 1. The van der Waals surface area contributed by atoms with E-state index in [0.717, 1.165) is 13.0 Å². The molecule has 0 spiro atoms. The zero-order chi connectivity index (χ0) is 12.7. The van der Waals surface area contributed by atoms with E-state index < -0.39 is 0 Å². The normalized spacial score (nSPS) is 10.8. The molecule has 1 heterocycles. The van der Waals surface area contributed by atoms with Crippen LogP contribution >= 0.6 is 0 Å². The fraction of sp³-hybridized carbons (Fsp3) is 0.727. The van der Waals surface area contributed by atoms with Crippen molar-refractivity contribution in [3.05, 3.63) is 11.7 Å². The van der Waals surface area contributed by atoms with Crippen LogP contribution in [0.25, 0.3) is 0 Å². The molecule has 1 aromatic rings. The Morgan fingerprint density at radius 3 is 2.71 bits per heavy atom. The minimum atomic E-state index is 0.0181. The van der Waals surface area contributed by atoms with E-state index in [9.17, 15) is 4.79 Å². The molecule has 1 amide bonds. The highest BCUT2D eigenvalue weighted by Gasteiger charge is 2.12. The summed E-state index contributed by atoms with van der Waals surface area (Å²) >= 11 is 0. The molecule has 0 fully saturated rings. The average molecular weight is 240 g/mol. The van der Waals surface area contributed by atoms with E-state index in [-0.39, 0.29) is 5.91 Å². The first-order valence-electron chi connectivity index (χ1n) is 6.00. The Hall–Kier alpha value is -1.43. The predicted octanol–water partition coefficient (Wildman–Crippen LogP) is 0.590. The van der Waals surface area contributed by atoms with E-state index in [2.05, 4.69) is 15.5 Å². The number of hydrogen-bond donors (Lipinski definition) is 1. The van der Waals surface area contributed by atoms with Crippen LogP contribution in [0.15, 0.2) is 4.52 Å². The summed E-state index contributed by atoms with van der Waals surface area (Å²) in [5.74, 6) is 1.28. The maximum Gasteiger partial charge on any atom is 0.240 e. The Balaban J connectivity index is 2.48. The third-order valence-corrected chi connectivity index (χ3v) is 2.37. The summed E-state index contributed by atoms with van der Waals surface area (Å²) in [5.41, 5.74) is 0. The second-order valence-electron chi connectivity index (χ2n) is 3.71. The van der Waals surface area contributed by atoms with Crippen LogP contribution in [0.3, 0.4) is 0 Å². The van der Waals surface area contributed by atoms with Gasteiger partial charge in [-0.3, -0.25) is 9.69 Å². The molecule has 0 radical (unpaired) electrons. The van der Waals surface area contributed by atoms with Crippen LogP contribution in [0.1, 0.15) is 32.5 Å². The maximum atomic E-state index is 11.4. The van der Waals surface area contributed by atoms with Crippen molar-refractivity contribution in [1.82, 2.24) is 20.4 Å². The van der Waals surface area contributed by atoms with Gasteiger partial charge in [0.1, 0.15) is 0 Å². The lowest BCUT2D eigenvalue weighted by Gasteiger charge is -2.17. The van der Waals surface area contributed by atoms with Gasteiger partial charge in [0.15, 0.2) is 5.82 Å². The Morgan fingerprint density at radius 1 is 1.41 bits per heavy atom. The van der Waals surface area contributed by atoms with E-state index in [1.54, 1.807) is 0 Å². The largest absolute Gasteiger partial charge is 0.355 e. The molecular weight excluding hydrogens is 220 g/mol. The molecule has 0 unspecified atom stereocenters. The van der Waals surface area contributed by atoms with E-state index in [1.165, 1.54) is 0 Å².